The van der Waals surface area contributed by atoms with Gasteiger partial charge in [-0.1, -0.05) is 30.3 Å². The highest BCUT2D eigenvalue weighted by atomic mass is 19.4. The van der Waals surface area contributed by atoms with Gasteiger partial charge in [-0.3, -0.25) is 4.84 Å². The van der Waals surface area contributed by atoms with Gasteiger partial charge in [-0.25, -0.2) is 10.3 Å². The van der Waals surface area contributed by atoms with Crippen LogP contribution in [0, 0.1) is 5.82 Å². The summed E-state index contributed by atoms with van der Waals surface area (Å²) < 4.78 is 51.8. The first-order valence-electron chi connectivity index (χ1n) is 5.70. The Bertz CT molecular complexity index is 583. The van der Waals surface area contributed by atoms with E-state index in [1.165, 1.54) is 0 Å². The standard InChI is InChI=1S/C14H11F4NO/c15-12-7-6-10(14(16,17)18)8-11(12)13(20-19)9-4-2-1-3-5-9/h1-8,13H,19H2. The van der Waals surface area contributed by atoms with Gasteiger partial charge >= 0.3 is 6.18 Å². The Hall–Kier alpha value is -1.92. The van der Waals surface area contributed by atoms with Gasteiger partial charge in [-0.2, -0.15) is 13.2 Å². The molecule has 0 aliphatic carbocycles. The fourth-order valence-corrected chi connectivity index (χ4v) is 1.88. The summed E-state index contributed by atoms with van der Waals surface area (Å²) >= 11 is 0. The van der Waals surface area contributed by atoms with E-state index in [-0.39, 0.29) is 5.56 Å². The third kappa shape index (κ3) is 2.97. The number of hydrogen-bond donors (Lipinski definition) is 1. The van der Waals surface area contributed by atoms with E-state index in [0.717, 1.165) is 6.07 Å². The third-order valence-corrected chi connectivity index (χ3v) is 2.84. The lowest BCUT2D eigenvalue weighted by atomic mass is 9.99. The van der Waals surface area contributed by atoms with Gasteiger partial charge in [0.05, 0.1) is 5.56 Å². The molecule has 0 heterocycles. The van der Waals surface area contributed by atoms with Crippen LogP contribution in [0.2, 0.25) is 0 Å². The fraction of sp³-hybridized carbons (Fsp3) is 0.143. The van der Waals surface area contributed by atoms with E-state index in [2.05, 4.69) is 4.84 Å². The van der Waals surface area contributed by atoms with E-state index >= 15 is 0 Å². The lowest BCUT2D eigenvalue weighted by Gasteiger charge is -2.17. The number of hydrogen-bond acceptors (Lipinski definition) is 2. The third-order valence-electron chi connectivity index (χ3n) is 2.84. The zero-order chi connectivity index (χ0) is 14.8. The monoisotopic (exact) mass is 285 g/mol. The van der Waals surface area contributed by atoms with Crippen LogP contribution < -0.4 is 5.90 Å². The molecule has 20 heavy (non-hydrogen) atoms. The summed E-state index contributed by atoms with van der Waals surface area (Å²) in [6.07, 6.45) is -5.66. The minimum atomic E-state index is -4.56. The van der Waals surface area contributed by atoms with Crippen molar-refractivity contribution in [3.63, 3.8) is 0 Å². The average molecular weight is 285 g/mol. The van der Waals surface area contributed by atoms with Crippen LogP contribution in [0.3, 0.4) is 0 Å². The first-order chi connectivity index (χ1) is 9.43. The molecule has 0 saturated carbocycles. The summed E-state index contributed by atoms with van der Waals surface area (Å²) in [4.78, 5) is 4.66. The summed E-state index contributed by atoms with van der Waals surface area (Å²) in [5.41, 5.74) is -0.742. The van der Waals surface area contributed by atoms with Crippen LogP contribution in [0.1, 0.15) is 22.8 Å². The molecule has 0 saturated heterocycles. The Labute approximate surface area is 112 Å². The summed E-state index contributed by atoms with van der Waals surface area (Å²) in [6.45, 7) is 0. The normalized spacial score (nSPS) is 13.2. The second-order valence-electron chi connectivity index (χ2n) is 4.16. The maximum Gasteiger partial charge on any atom is 0.416 e. The highest BCUT2D eigenvalue weighted by molar-refractivity contribution is 5.35. The van der Waals surface area contributed by atoms with Crippen LogP contribution in [-0.2, 0) is 11.0 Å². The van der Waals surface area contributed by atoms with Gasteiger partial charge in [-0.05, 0) is 23.8 Å². The molecule has 0 fully saturated rings. The highest BCUT2D eigenvalue weighted by Gasteiger charge is 2.32. The van der Waals surface area contributed by atoms with E-state index < -0.39 is 23.7 Å². The molecule has 0 aromatic heterocycles. The van der Waals surface area contributed by atoms with Crippen molar-refractivity contribution in [3.05, 3.63) is 71.0 Å². The van der Waals surface area contributed by atoms with Gasteiger partial charge < -0.3 is 0 Å². The summed E-state index contributed by atoms with van der Waals surface area (Å²) in [7, 11) is 0. The SMILES string of the molecule is NOC(c1ccccc1)c1cc(C(F)(F)F)ccc1F. The number of halogens is 4. The Morgan fingerprint density at radius 2 is 1.65 bits per heavy atom. The Morgan fingerprint density at radius 3 is 2.20 bits per heavy atom. The van der Waals surface area contributed by atoms with Crippen LogP contribution >= 0.6 is 0 Å². The second-order valence-corrected chi connectivity index (χ2v) is 4.16. The lowest BCUT2D eigenvalue weighted by Crippen LogP contribution is -2.14. The van der Waals surface area contributed by atoms with Crippen LogP contribution in [0.15, 0.2) is 48.5 Å². The van der Waals surface area contributed by atoms with E-state index in [1.807, 2.05) is 0 Å². The first kappa shape index (κ1) is 14.5. The Balaban J connectivity index is 2.50. The van der Waals surface area contributed by atoms with E-state index in [0.29, 0.717) is 17.7 Å². The van der Waals surface area contributed by atoms with Crippen molar-refractivity contribution in [3.8, 4) is 0 Å². The summed E-state index contributed by atoms with van der Waals surface area (Å²) in [5, 5.41) is 0. The number of rotatable bonds is 3. The molecule has 2 aromatic rings. The molecule has 2 nitrogen and oxygen atoms in total. The molecule has 0 bridgehead atoms. The molecule has 0 spiro atoms. The Morgan fingerprint density at radius 1 is 1.00 bits per heavy atom. The largest absolute Gasteiger partial charge is 0.416 e. The van der Waals surface area contributed by atoms with Crippen LogP contribution in [0.5, 0.6) is 0 Å². The molecule has 6 heteroatoms. The smallest absolute Gasteiger partial charge is 0.292 e. The van der Waals surface area contributed by atoms with Gasteiger partial charge in [0, 0.05) is 5.56 Å². The second kappa shape index (κ2) is 5.60. The minimum absolute atomic E-state index is 0.256. The van der Waals surface area contributed by atoms with Crippen molar-refractivity contribution in [2.45, 2.75) is 12.3 Å². The minimum Gasteiger partial charge on any atom is -0.292 e. The van der Waals surface area contributed by atoms with Gasteiger partial charge in [0.15, 0.2) is 0 Å². The Kier molecular flexibility index (Phi) is 4.06. The van der Waals surface area contributed by atoms with Crippen molar-refractivity contribution in [2.24, 2.45) is 5.90 Å². The zero-order valence-corrected chi connectivity index (χ0v) is 10.2. The first-order valence-corrected chi connectivity index (χ1v) is 5.70. The average Bonchev–Trinajstić information content (AvgIpc) is 2.41. The number of alkyl halides is 3. The van der Waals surface area contributed by atoms with Crippen molar-refractivity contribution < 1.29 is 22.4 Å². The van der Waals surface area contributed by atoms with Gasteiger partial charge in [0.25, 0.3) is 0 Å². The maximum absolute atomic E-state index is 13.8. The number of benzene rings is 2. The molecule has 2 aromatic carbocycles. The molecule has 0 radical (unpaired) electrons. The van der Waals surface area contributed by atoms with E-state index in [9.17, 15) is 17.6 Å². The highest BCUT2D eigenvalue weighted by Crippen LogP contribution is 2.34. The van der Waals surface area contributed by atoms with Crippen LogP contribution in [-0.4, -0.2) is 0 Å². The molecule has 0 aliphatic rings. The molecule has 1 unspecified atom stereocenters. The lowest BCUT2D eigenvalue weighted by molar-refractivity contribution is -0.137. The molecule has 106 valence electrons. The molecular formula is C14H11F4NO. The van der Waals surface area contributed by atoms with Crippen LogP contribution in [0.25, 0.3) is 0 Å². The van der Waals surface area contributed by atoms with Crippen LogP contribution in [0.4, 0.5) is 17.6 Å². The fourth-order valence-electron chi connectivity index (χ4n) is 1.88. The molecule has 0 amide bonds. The van der Waals surface area contributed by atoms with Crippen molar-refractivity contribution in [1.29, 1.82) is 0 Å². The molecule has 2 rings (SSSR count). The van der Waals surface area contributed by atoms with Crippen molar-refractivity contribution in [1.82, 2.24) is 0 Å². The predicted octanol–water partition coefficient (Wildman–Crippen LogP) is 3.82. The maximum atomic E-state index is 13.8. The van der Waals surface area contributed by atoms with Crippen molar-refractivity contribution >= 4 is 0 Å². The zero-order valence-electron chi connectivity index (χ0n) is 10.2. The van der Waals surface area contributed by atoms with E-state index in [4.69, 9.17) is 5.90 Å². The summed E-state index contributed by atoms with van der Waals surface area (Å²) in [5.74, 6) is 4.31. The molecule has 1 atom stereocenters. The predicted molar refractivity (Wildman–Crippen MR) is 65.0 cm³/mol. The molecular weight excluding hydrogens is 274 g/mol. The summed E-state index contributed by atoms with van der Waals surface area (Å²) in [6, 6.07) is 10.4. The number of nitrogens with two attached hydrogens (primary N) is 1. The van der Waals surface area contributed by atoms with E-state index in [1.54, 1.807) is 30.3 Å². The molecule has 2 N–H and O–H groups in total. The topological polar surface area (TPSA) is 35.2 Å². The van der Waals surface area contributed by atoms with Gasteiger partial charge in [0.1, 0.15) is 11.9 Å². The van der Waals surface area contributed by atoms with Gasteiger partial charge in [-0.15, -0.1) is 0 Å². The quantitative estimate of drug-likeness (QED) is 0.687. The van der Waals surface area contributed by atoms with Gasteiger partial charge in [0.2, 0.25) is 0 Å². The molecule has 0 aliphatic heterocycles. The van der Waals surface area contributed by atoms with Crippen molar-refractivity contribution in [2.75, 3.05) is 0 Å².